The average molecular weight is 178 g/mol. The Morgan fingerprint density at radius 2 is 2.15 bits per heavy atom. The molecule has 0 radical (unpaired) electrons. The lowest BCUT2D eigenvalue weighted by Crippen LogP contribution is -1.97. The van der Waals surface area contributed by atoms with Crippen LogP contribution in [0.4, 0.5) is 0 Å². The van der Waals surface area contributed by atoms with Gasteiger partial charge in [-0.15, -0.1) is 0 Å². The predicted octanol–water partition coefficient (Wildman–Crippen LogP) is 2.26. The molecule has 1 unspecified atom stereocenters. The first-order valence-electron chi connectivity index (χ1n) is 4.03. The molecular formula is C10H10O3. The minimum absolute atomic E-state index is 0.571. The summed E-state index contributed by atoms with van der Waals surface area (Å²) in [5, 5.41) is 9.80. The van der Waals surface area contributed by atoms with Crippen molar-refractivity contribution < 1.29 is 13.9 Å². The van der Waals surface area contributed by atoms with Crippen LogP contribution in [-0.2, 0) is 0 Å². The number of aliphatic hydroxyl groups is 1. The number of hydrogen-bond acceptors (Lipinski definition) is 3. The van der Waals surface area contributed by atoms with E-state index in [1.165, 1.54) is 12.5 Å². The zero-order valence-corrected chi connectivity index (χ0v) is 7.23. The van der Waals surface area contributed by atoms with E-state index in [-0.39, 0.29) is 0 Å². The van der Waals surface area contributed by atoms with E-state index in [0.717, 1.165) is 5.56 Å². The molecule has 3 heteroatoms. The molecule has 2 aromatic rings. The highest BCUT2D eigenvalue weighted by atomic mass is 16.4. The highest BCUT2D eigenvalue weighted by molar-refractivity contribution is 5.25. The Morgan fingerprint density at radius 3 is 2.69 bits per heavy atom. The molecule has 0 fully saturated rings. The van der Waals surface area contributed by atoms with Gasteiger partial charge in [0.2, 0.25) is 0 Å². The summed E-state index contributed by atoms with van der Waals surface area (Å²) in [5.74, 6) is 0.571. The van der Waals surface area contributed by atoms with Crippen molar-refractivity contribution >= 4 is 0 Å². The van der Waals surface area contributed by atoms with E-state index in [9.17, 15) is 5.11 Å². The maximum Gasteiger partial charge on any atom is 0.140 e. The molecule has 0 saturated heterocycles. The fourth-order valence-corrected chi connectivity index (χ4v) is 1.25. The van der Waals surface area contributed by atoms with E-state index in [1.54, 1.807) is 12.3 Å². The third kappa shape index (κ3) is 1.38. The van der Waals surface area contributed by atoms with Crippen LogP contribution in [0, 0.1) is 6.92 Å². The lowest BCUT2D eigenvalue weighted by molar-refractivity contribution is 0.187. The van der Waals surface area contributed by atoms with Crippen molar-refractivity contribution in [1.82, 2.24) is 0 Å². The molecule has 1 atom stereocenters. The Bertz CT molecular complexity index is 373. The fraction of sp³-hybridized carbons (Fsp3) is 0.200. The maximum absolute atomic E-state index is 9.80. The smallest absolute Gasteiger partial charge is 0.140 e. The molecule has 0 aliphatic carbocycles. The van der Waals surface area contributed by atoms with Gasteiger partial charge in [0.1, 0.15) is 11.9 Å². The Labute approximate surface area is 75.6 Å². The number of hydrogen-bond donors (Lipinski definition) is 1. The number of aliphatic hydroxyl groups excluding tert-OH is 1. The summed E-state index contributed by atoms with van der Waals surface area (Å²) in [6.45, 7) is 1.89. The van der Waals surface area contributed by atoms with Gasteiger partial charge in [-0.1, -0.05) is 0 Å². The van der Waals surface area contributed by atoms with E-state index >= 15 is 0 Å². The summed E-state index contributed by atoms with van der Waals surface area (Å²) in [7, 11) is 0. The van der Waals surface area contributed by atoms with Crippen LogP contribution in [0.2, 0.25) is 0 Å². The van der Waals surface area contributed by atoms with Crippen molar-refractivity contribution in [3.05, 3.63) is 47.8 Å². The second-order valence-electron chi connectivity index (χ2n) is 2.93. The summed E-state index contributed by atoms with van der Waals surface area (Å²) in [5.41, 5.74) is 1.65. The predicted molar refractivity (Wildman–Crippen MR) is 46.2 cm³/mol. The van der Waals surface area contributed by atoms with Crippen molar-refractivity contribution in [2.75, 3.05) is 0 Å². The van der Waals surface area contributed by atoms with Gasteiger partial charge in [-0.05, 0) is 24.6 Å². The van der Waals surface area contributed by atoms with Crippen LogP contribution in [0.3, 0.4) is 0 Å². The third-order valence-electron chi connectivity index (χ3n) is 2.01. The van der Waals surface area contributed by atoms with Gasteiger partial charge in [-0.2, -0.15) is 0 Å². The molecule has 13 heavy (non-hydrogen) atoms. The highest BCUT2D eigenvalue weighted by Gasteiger charge is 2.16. The first-order chi connectivity index (χ1) is 6.29. The number of furan rings is 2. The molecule has 3 nitrogen and oxygen atoms in total. The Balaban J connectivity index is 2.33. The van der Waals surface area contributed by atoms with Crippen LogP contribution >= 0.6 is 0 Å². The summed E-state index contributed by atoms with van der Waals surface area (Å²) in [4.78, 5) is 0. The fourth-order valence-electron chi connectivity index (χ4n) is 1.25. The number of rotatable bonds is 2. The lowest BCUT2D eigenvalue weighted by atomic mass is 10.1. The van der Waals surface area contributed by atoms with E-state index in [1.807, 2.05) is 13.0 Å². The zero-order valence-electron chi connectivity index (χ0n) is 7.23. The largest absolute Gasteiger partial charge is 0.472 e. The molecule has 68 valence electrons. The molecule has 0 amide bonds. The first kappa shape index (κ1) is 8.13. The van der Waals surface area contributed by atoms with Crippen molar-refractivity contribution in [2.45, 2.75) is 13.0 Å². The Kier molecular flexibility index (Phi) is 1.94. The van der Waals surface area contributed by atoms with Crippen molar-refractivity contribution in [1.29, 1.82) is 0 Å². The van der Waals surface area contributed by atoms with Gasteiger partial charge in [-0.3, -0.25) is 0 Å². The van der Waals surface area contributed by atoms with Gasteiger partial charge < -0.3 is 13.9 Å². The molecule has 0 bridgehead atoms. The minimum Gasteiger partial charge on any atom is -0.472 e. The quantitative estimate of drug-likeness (QED) is 0.767. The van der Waals surface area contributed by atoms with E-state index < -0.39 is 6.10 Å². The SMILES string of the molecule is Cc1ccoc1C(O)c1ccoc1. The second-order valence-corrected chi connectivity index (χ2v) is 2.93. The molecule has 0 saturated carbocycles. The molecule has 1 N–H and O–H groups in total. The summed E-state index contributed by atoms with van der Waals surface area (Å²) in [6.07, 6.45) is 3.87. The summed E-state index contributed by atoms with van der Waals surface area (Å²) in [6, 6.07) is 3.53. The Morgan fingerprint density at radius 1 is 1.31 bits per heavy atom. The topological polar surface area (TPSA) is 46.5 Å². The summed E-state index contributed by atoms with van der Waals surface area (Å²) < 4.78 is 10.0. The Hall–Kier alpha value is -1.48. The summed E-state index contributed by atoms with van der Waals surface area (Å²) >= 11 is 0. The zero-order chi connectivity index (χ0) is 9.26. The van der Waals surface area contributed by atoms with Crippen molar-refractivity contribution in [3.63, 3.8) is 0 Å². The number of aryl methyl sites for hydroxylation is 1. The van der Waals surface area contributed by atoms with E-state index in [4.69, 9.17) is 8.83 Å². The monoisotopic (exact) mass is 178 g/mol. The van der Waals surface area contributed by atoms with Crippen LogP contribution < -0.4 is 0 Å². The molecule has 0 spiro atoms. The van der Waals surface area contributed by atoms with Gasteiger partial charge in [-0.25, -0.2) is 0 Å². The normalized spacial score (nSPS) is 13.1. The molecule has 0 aliphatic rings. The first-order valence-corrected chi connectivity index (χ1v) is 4.03. The van der Waals surface area contributed by atoms with Crippen LogP contribution in [0.15, 0.2) is 39.8 Å². The van der Waals surface area contributed by atoms with Crippen LogP contribution in [0.1, 0.15) is 23.0 Å². The lowest BCUT2D eigenvalue weighted by Gasteiger charge is -2.05. The molecule has 0 aliphatic heterocycles. The maximum atomic E-state index is 9.80. The molecule has 2 rings (SSSR count). The molecule has 2 heterocycles. The van der Waals surface area contributed by atoms with Crippen LogP contribution in [-0.4, -0.2) is 5.11 Å². The van der Waals surface area contributed by atoms with E-state index in [2.05, 4.69) is 0 Å². The average Bonchev–Trinajstić information content (AvgIpc) is 2.72. The molecular weight excluding hydrogens is 168 g/mol. The van der Waals surface area contributed by atoms with Gasteiger partial charge >= 0.3 is 0 Å². The standard InChI is InChI=1S/C10H10O3/c1-7-2-5-13-10(7)9(11)8-3-4-12-6-8/h2-6,9,11H,1H3. The van der Waals surface area contributed by atoms with Gasteiger partial charge in [0.15, 0.2) is 0 Å². The third-order valence-corrected chi connectivity index (χ3v) is 2.01. The van der Waals surface area contributed by atoms with Gasteiger partial charge in [0, 0.05) is 5.56 Å². The van der Waals surface area contributed by atoms with Gasteiger partial charge in [0.25, 0.3) is 0 Å². The van der Waals surface area contributed by atoms with Crippen LogP contribution in [0.25, 0.3) is 0 Å². The van der Waals surface area contributed by atoms with Gasteiger partial charge in [0.05, 0.1) is 18.8 Å². The molecule has 2 aromatic heterocycles. The minimum atomic E-state index is -0.728. The van der Waals surface area contributed by atoms with E-state index in [0.29, 0.717) is 11.3 Å². The van der Waals surface area contributed by atoms with Crippen LogP contribution in [0.5, 0.6) is 0 Å². The van der Waals surface area contributed by atoms with Crippen molar-refractivity contribution in [2.24, 2.45) is 0 Å². The second kappa shape index (κ2) is 3.11. The highest BCUT2D eigenvalue weighted by Crippen LogP contribution is 2.25. The molecule has 0 aromatic carbocycles. The van der Waals surface area contributed by atoms with Crippen molar-refractivity contribution in [3.8, 4) is 0 Å².